The second kappa shape index (κ2) is 5.53. The highest BCUT2D eigenvalue weighted by Crippen LogP contribution is 2.49. The molecule has 0 spiro atoms. The van der Waals surface area contributed by atoms with Crippen LogP contribution in [0.1, 0.15) is 5.56 Å². The van der Waals surface area contributed by atoms with Crippen molar-refractivity contribution in [1.82, 2.24) is 0 Å². The maximum absolute atomic E-state index is 2.40. The van der Waals surface area contributed by atoms with Crippen molar-refractivity contribution in [2.75, 3.05) is 0 Å². The van der Waals surface area contributed by atoms with Crippen molar-refractivity contribution in [3.63, 3.8) is 0 Å². The highest BCUT2D eigenvalue weighted by atomic mass is 14.9. The van der Waals surface area contributed by atoms with E-state index in [1.54, 1.807) is 0 Å². The van der Waals surface area contributed by atoms with Gasteiger partial charge >= 0.3 is 0 Å². The minimum atomic E-state index is 1.25. The van der Waals surface area contributed by atoms with Crippen LogP contribution < -0.4 is 4.57 Å². The smallest absolute Gasteiger partial charge is 0.194 e. The third-order valence-corrected chi connectivity index (χ3v) is 6.29. The van der Waals surface area contributed by atoms with E-state index in [4.69, 9.17) is 0 Å². The van der Waals surface area contributed by atoms with Crippen molar-refractivity contribution in [1.29, 1.82) is 0 Å². The van der Waals surface area contributed by atoms with E-state index in [0.717, 1.165) is 0 Å². The first kappa shape index (κ1) is 15.6. The van der Waals surface area contributed by atoms with Crippen LogP contribution in [0.3, 0.4) is 0 Å². The van der Waals surface area contributed by atoms with Gasteiger partial charge in [-0.2, -0.15) is 4.57 Å². The molecule has 1 aliphatic carbocycles. The summed E-state index contributed by atoms with van der Waals surface area (Å²) in [4.78, 5) is 0. The summed E-state index contributed by atoms with van der Waals surface area (Å²) >= 11 is 0. The van der Waals surface area contributed by atoms with Crippen molar-refractivity contribution >= 4 is 21.7 Å². The lowest BCUT2D eigenvalue weighted by Gasteiger charge is -2.12. The Kier molecular flexibility index (Phi) is 3.08. The van der Waals surface area contributed by atoms with Gasteiger partial charge in [0.2, 0.25) is 11.2 Å². The number of benzene rings is 4. The predicted octanol–water partition coefficient (Wildman–Crippen LogP) is 6.44. The number of hydrogen-bond acceptors (Lipinski definition) is 0. The summed E-state index contributed by atoms with van der Waals surface area (Å²) in [7, 11) is 2.17. The fourth-order valence-corrected chi connectivity index (χ4v) is 4.90. The number of pyridine rings is 1. The molecule has 5 aromatic rings. The van der Waals surface area contributed by atoms with Crippen molar-refractivity contribution in [3.8, 4) is 33.5 Å². The van der Waals surface area contributed by atoms with Gasteiger partial charge in [-0.05, 0) is 63.7 Å². The van der Waals surface area contributed by atoms with Crippen LogP contribution in [0.4, 0.5) is 0 Å². The van der Waals surface area contributed by atoms with Gasteiger partial charge in [-0.15, -0.1) is 0 Å². The minimum Gasteiger partial charge on any atom is -0.194 e. The quantitative estimate of drug-likeness (QED) is 0.298. The Hall–Kier alpha value is -3.45. The maximum Gasteiger partial charge on any atom is 0.213 e. The molecule has 1 aromatic heterocycles. The van der Waals surface area contributed by atoms with Gasteiger partial charge in [0, 0.05) is 17.5 Å². The Morgan fingerprint density at radius 2 is 1.32 bits per heavy atom. The van der Waals surface area contributed by atoms with E-state index in [-0.39, 0.29) is 0 Å². The first-order valence-corrected chi connectivity index (χ1v) is 9.78. The van der Waals surface area contributed by atoms with Crippen LogP contribution in [0.15, 0.2) is 84.9 Å². The molecule has 0 unspecified atom stereocenters. The molecular formula is C27H20N+. The van der Waals surface area contributed by atoms with E-state index >= 15 is 0 Å². The van der Waals surface area contributed by atoms with E-state index in [2.05, 4.69) is 103 Å². The van der Waals surface area contributed by atoms with Crippen LogP contribution in [0, 0.1) is 6.92 Å². The molecule has 6 rings (SSSR count). The third-order valence-electron chi connectivity index (χ3n) is 6.29. The van der Waals surface area contributed by atoms with Crippen LogP contribution in [0.2, 0.25) is 0 Å². The Morgan fingerprint density at radius 1 is 0.607 bits per heavy atom. The number of aromatic nitrogens is 1. The molecule has 0 amide bonds. The SMILES string of the molecule is Cc1c(-c2ccc3ccccc3[n+]2C)cc2c3c(cccc13)-c1ccccc1-2. The summed E-state index contributed by atoms with van der Waals surface area (Å²) < 4.78 is 2.32. The van der Waals surface area contributed by atoms with Gasteiger partial charge < -0.3 is 0 Å². The van der Waals surface area contributed by atoms with E-state index in [0.29, 0.717) is 0 Å². The first-order valence-electron chi connectivity index (χ1n) is 9.78. The molecule has 132 valence electrons. The monoisotopic (exact) mass is 358 g/mol. The molecule has 0 N–H and O–H groups in total. The zero-order chi connectivity index (χ0) is 18.8. The molecule has 0 saturated heterocycles. The van der Waals surface area contributed by atoms with E-state index < -0.39 is 0 Å². The molecule has 0 radical (unpaired) electrons. The van der Waals surface area contributed by atoms with Crippen molar-refractivity contribution in [2.45, 2.75) is 6.92 Å². The number of hydrogen-bond donors (Lipinski definition) is 0. The number of aryl methyl sites for hydroxylation is 2. The highest BCUT2D eigenvalue weighted by molar-refractivity contribution is 6.17. The molecular weight excluding hydrogens is 338 g/mol. The molecule has 0 saturated carbocycles. The van der Waals surface area contributed by atoms with Crippen LogP contribution in [0.5, 0.6) is 0 Å². The Labute approximate surface area is 164 Å². The van der Waals surface area contributed by atoms with Crippen LogP contribution in [0.25, 0.3) is 55.2 Å². The molecule has 1 heterocycles. The number of nitrogens with zero attached hydrogens (tertiary/aromatic N) is 1. The summed E-state index contributed by atoms with van der Waals surface area (Å²) in [5.41, 5.74) is 10.6. The van der Waals surface area contributed by atoms with E-state index in [1.807, 2.05) is 0 Å². The lowest BCUT2D eigenvalue weighted by Crippen LogP contribution is -2.32. The molecule has 1 heteroatoms. The molecule has 0 aliphatic heterocycles. The van der Waals surface area contributed by atoms with Gasteiger partial charge in [-0.3, -0.25) is 0 Å². The Morgan fingerprint density at radius 3 is 2.18 bits per heavy atom. The number of rotatable bonds is 1. The van der Waals surface area contributed by atoms with Gasteiger partial charge in [0.1, 0.15) is 7.05 Å². The topological polar surface area (TPSA) is 3.88 Å². The van der Waals surface area contributed by atoms with Crippen molar-refractivity contribution in [3.05, 3.63) is 90.5 Å². The van der Waals surface area contributed by atoms with Gasteiger partial charge in [-0.25, -0.2) is 0 Å². The predicted molar refractivity (Wildman–Crippen MR) is 117 cm³/mol. The van der Waals surface area contributed by atoms with Gasteiger partial charge in [0.05, 0.1) is 5.56 Å². The summed E-state index contributed by atoms with van der Waals surface area (Å²) in [6, 6.07) is 31.0. The Balaban J connectivity index is 1.73. The second-order valence-electron chi connectivity index (χ2n) is 7.71. The first-order chi connectivity index (χ1) is 13.7. The molecule has 0 atom stereocenters. The molecule has 0 fully saturated rings. The van der Waals surface area contributed by atoms with Gasteiger partial charge in [0.15, 0.2) is 0 Å². The third kappa shape index (κ3) is 1.94. The van der Waals surface area contributed by atoms with E-state index in [9.17, 15) is 0 Å². The van der Waals surface area contributed by atoms with Crippen LogP contribution >= 0.6 is 0 Å². The van der Waals surface area contributed by atoms with Gasteiger partial charge in [-0.1, -0.05) is 54.6 Å². The standard InChI is InChI=1S/C27H20N/c1-17-19-11-7-12-22-20-9-4-5-10-21(20)24(27(19)22)16-23(17)26-15-14-18-8-3-6-13-25(18)28(26)2/h3-16H,1-2H3/q+1. The largest absolute Gasteiger partial charge is 0.213 e. The fourth-order valence-electron chi connectivity index (χ4n) is 4.90. The maximum atomic E-state index is 2.40. The Bertz CT molecular complexity index is 1430. The highest BCUT2D eigenvalue weighted by Gasteiger charge is 2.25. The molecule has 0 bridgehead atoms. The number of para-hydroxylation sites is 1. The summed E-state index contributed by atoms with van der Waals surface area (Å²) in [5, 5.41) is 4.02. The lowest BCUT2D eigenvalue weighted by molar-refractivity contribution is -0.633. The zero-order valence-corrected chi connectivity index (χ0v) is 16.0. The second-order valence-corrected chi connectivity index (χ2v) is 7.71. The fraction of sp³-hybridized carbons (Fsp3) is 0.0741. The average Bonchev–Trinajstić information content (AvgIpc) is 3.06. The van der Waals surface area contributed by atoms with Gasteiger partial charge in [0.25, 0.3) is 0 Å². The lowest BCUT2D eigenvalue weighted by atomic mass is 9.92. The summed E-state index contributed by atoms with van der Waals surface area (Å²) in [6.07, 6.45) is 0. The van der Waals surface area contributed by atoms with Crippen molar-refractivity contribution in [2.24, 2.45) is 7.05 Å². The van der Waals surface area contributed by atoms with Crippen LogP contribution in [-0.4, -0.2) is 0 Å². The molecule has 1 nitrogen and oxygen atoms in total. The summed E-state index contributed by atoms with van der Waals surface area (Å²) in [5.74, 6) is 0. The number of fused-ring (bicyclic) bond motifs is 4. The van der Waals surface area contributed by atoms with Crippen LogP contribution in [-0.2, 0) is 7.05 Å². The summed E-state index contributed by atoms with van der Waals surface area (Å²) in [6.45, 7) is 2.26. The van der Waals surface area contributed by atoms with Crippen molar-refractivity contribution < 1.29 is 4.57 Å². The minimum absolute atomic E-state index is 1.25. The molecule has 1 aliphatic rings. The molecule has 4 aromatic carbocycles. The molecule has 28 heavy (non-hydrogen) atoms. The zero-order valence-electron chi connectivity index (χ0n) is 16.0. The average molecular weight is 358 g/mol. The van der Waals surface area contributed by atoms with E-state index in [1.165, 1.54) is 60.8 Å². The normalized spacial score (nSPS) is 11.9.